The third-order valence-corrected chi connectivity index (χ3v) is 5.80. The molecule has 0 aromatic heterocycles. The largest absolute Gasteiger partial charge is 0.492 e. The van der Waals surface area contributed by atoms with Crippen LogP contribution in [0.1, 0.15) is 26.2 Å². The third-order valence-electron chi connectivity index (χ3n) is 3.92. The normalized spacial score (nSPS) is 15.9. The van der Waals surface area contributed by atoms with Gasteiger partial charge in [0, 0.05) is 18.8 Å². The summed E-state index contributed by atoms with van der Waals surface area (Å²) in [5.41, 5.74) is 6.25. The molecular formula is C15H24N2O3S. The highest BCUT2D eigenvalue weighted by Crippen LogP contribution is 2.27. The quantitative estimate of drug-likeness (QED) is 0.746. The molecule has 6 heteroatoms. The summed E-state index contributed by atoms with van der Waals surface area (Å²) in [6.45, 7) is 3.23. The Balaban J connectivity index is 1.82. The average Bonchev–Trinajstić information content (AvgIpc) is 2.39. The van der Waals surface area contributed by atoms with E-state index < -0.39 is 10.0 Å². The maximum absolute atomic E-state index is 12.3. The van der Waals surface area contributed by atoms with E-state index in [2.05, 4.69) is 0 Å². The maximum Gasteiger partial charge on any atom is 0.217 e. The lowest BCUT2D eigenvalue weighted by Gasteiger charge is -2.31. The number of nitrogens with two attached hydrogens (primary N) is 1. The molecule has 5 nitrogen and oxygen atoms in total. The zero-order valence-electron chi connectivity index (χ0n) is 12.5. The number of nitrogen functional groups attached to an aromatic ring is 1. The average molecular weight is 312 g/mol. The third kappa shape index (κ3) is 4.61. The highest BCUT2D eigenvalue weighted by molar-refractivity contribution is 7.89. The molecule has 2 rings (SSSR count). The van der Waals surface area contributed by atoms with Crippen molar-refractivity contribution in [2.45, 2.75) is 26.2 Å². The summed E-state index contributed by atoms with van der Waals surface area (Å²) in [7, 11) is -3.24. The zero-order chi connectivity index (χ0) is 15.3. The smallest absolute Gasteiger partial charge is 0.217 e. The second-order valence-corrected chi connectivity index (χ2v) is 7.57. The number of hydrogen-bond acceptors (Lipinski definition) is 4. The van der Waals surface area contributed by atoms with Crippen LogP contribution in [-0.4, -0.2) is 38.2 Å². The van der Waals surface area contributed by atoms with Crippen LogP contribution in [-0.2, 0) is 10.0 Å². The van der Waals surface area contributed by atoms with E-state index >= 15 is 0 Å². The van der Waals surface area contributed by atoms with E-state index in [-0.39, 0.29) is 12.4 Å². The van der Waals surface area contributed by atoms with Gasteiger partial charge in [-0.3, -0.25) is 0 Å². The van der Waals surface area contributed by atoms with E-state index in [1.54, 1.807) is 28.6 Å². The van der Waals surface area contributed by atoms with Crippen molar-refractivity contribution in [3.05, 3.63) is 24.3 Å². The van der Waals surface area contributed by atoms with Crippen molar-refractivity contribution in [2.24, 2.45) is 5.92 Å². The standard InChI is InChI=1S/C15H24N2O3S/c1-2-17(12-13-4-3-5-13)21(18,19)11-10-20-15-8-6-14(16)7-9-15/h6-9,13H,2-5,10-12,16H2,1H3. The fourth-order valence-corrected chi connectivity index (χ4v) is 3.74. The Labute approximate surface area is 127 Å². The zero-order valence-corrected chi connectivity index (χ0v) is 13.3. The van der Waals surface area contributed by atoms with Gasteiger partial charge in [0.05, 0.1) is 5.75 Å². The van der Waals surface area contributed by atoms with Crippen LogP contribution in [0.3, 0.4) is 0 Å². The summed E-state index contributed by atoms with van der Waals surface area (Å²) in [5.74, 6) is 1.19. The van der Waals surface area contributed by atoms with Crippen LogP contribution >= 0.6 is 0 Å². The molecule has 0 saturated heterocycles. The molecule has 1 aliphatic carbocycles. The van der Waals surface area contributed by atoms with Gasteiger partial charge in [0.25, 0.3) is 0 Å². The Morgan fingerprint density at radius 3 is 2.48 bits per heavy atom. The predicted octanol–water partition coefficient (Wildman–Crippen LogP) is 2.10. The van der Waals surface area contributed by atoms with Crippen molar-refractivity contribution in [2.75, 3.05) is 31.2 Å². The Morgan fingerprint density at radius 1 is 1.29 bits per heavy atom. The first-order valence-corrected chi connectivity index (χ1v) is 9.08. The molecule has 0 atom stereocenters. The van der Waals surface area contributed by atoms with Crippen molar-refractivity contribution < 1.29 is 13.2 Å². The van der Waals surface area contributed by atoms with Gasteiger partial charge in [-0.2, -0.15) is 0 Å². The molecule has 0 unspecified atom stereocenters. The van der Waals surface area contributed by atoms with Crippen molar-refractivity contribution in [3.8, 4) is 5.75 Å². The molecule has 2 N–H and O–H groups in total. The van der Waals surface area contributed by atoms with Gasteiger partial charge >= 0.3 is 0 Å². The van der Waals surface area contributed by atoms with Gasteiger partial charge < -0.3 is 10.5 Å². The van der Waals surface area contributed by atoms with Gasteiger partial charge in [-0.15, -0.1) is 0 Å². The van der Waals surface area contributed by atoms with Gasteiger partial charge in [0.1, 0.15) is 12.4 Å². The van der Waals surface area contributed by atoms with Crippen LogP contribution in [0.2, 0.25) is 0 Å². The van der Waals surface area contributed by atoms with Crippen molar-refractivity contribution in [1.82, 2.24) is 4.31 Å². The number of hydrogen-bond donors (Lipinski definition) is 1. The summed E-state index contributed by atoms with van der Waals surface area (Å²) in [4.78, 5) is 0. The second kappa shape index (κ2) is 7.13. The Bertz CT molecular complexity index is 539. The summed E-state index contributed by atoms with van der Waals surface area (Å²) in [6, 6.07) is 6.96. The number of anilines is 1. The molecule has 0 radical (unpaired) electrons. The first-order chi connectivity index (χ1) is 10.0. The minimum absolute atomic E-state index is 0.0118. The lowest BCUT2D eigenvalue weighted by atomic mass is 9.85. The van der Waals surface area contributed by atoms with E-state index in [9.17, 15) is 8.42 Å². The minimum atomic E-state index is -3.24. The number of ether oxygens (including phenoxy) is 1. The molecule has 0 aliphatic heterocycles. The van der Waals surface area contributed by atoms with Crippen LogP contribution in [0.5, 0.6) is 5.75 Å². The summed E-state index contributed by atoms with van der Waals surface area (Å²) >= 11 is 0. The lowest BCUT2D eigenvalue weighted by Crippen LogP contribution is -2.39. The van der Waals surface area contributed by atoms with Crippen molar-refractivity contribution in [3.63, 3.8) is 0 Å². The van der Waals surface area contributed by atoms with E-state index in [1.165, 1.54) is 6.42 Å². The highest BCUT2D eigenvalue weighted by Gasteiger charge is 2.26. The summed E-state index contributed by atoms with van der Waals surface area (Å²) < 4.78 is 31.7. The lowest BCUT2D eigenvalue weighted by molar-refractivity contribution is 0.248. The minimum Gasteiger partial charge on any atom is -0.492 e. The van der Waals surface area contributed by atoms with Crippen LogP contribution < -0.4 is 10.5 Å². The van der Waals surface area contributed by atoms with Crippen molar-refractivity contribution in [1.29, 1.82) is 0 Å². The Kier molecular flexibility index (Phi) is 5.47. The van der Waals surface area contributed by atoms with Crippen LogP contribution in [0, 0.1) is 5.92 Å². The molecule has 118 valence electrons. The van der Waals surface area contributed by atoms with Crippen LogP contribution in [0.15, 0.2) is 24.3 Å². The fraction of sp³-hybridized carbons (Fsp3) is 0.600. The number of sulfonamides is 1. The Morgan fingerprint density at radius 2 is 1.95 bits per heavy atom. The monoisotopic (exact) mass is 312 g/mol. The topological polar surface area (TPSA) is 72.6 Å². The van der Waals surface area contributed by atoms with Gasteiger partial charge in [0.2, 0.25) is 10.0 Å². The molecule has 0 amide bonds. The molecule has 0 heterocycles. The van der Waals surface area contributed by atoms with E-state index in [0.29, 0.717) is 30.4 Å². The molecule has 21 heavy (non-hydrogen) atoms. The molecule has 1 fully saturated rings. The second-order valence-electron chi connectivity index (χ2n) is 5.48. The predicted molar refractivity (Wildman–Crippen MR) is 84.7 cm³/mol. The van der Waals surface area contributed by atoms with E-state index in [4.69, 9.17) is 10.5 Å². The first-order valence-electron chi connectivity index (χ1n) is 7.47. The van der Waals surface area contributed by atoms with E-state index in [0.717, 1.165) is 12.8 Å². The van der Waals surface area contributed by atoms with E-state index in [1.807, 2.05) is 6.92 Å². The van der Waals surface area contributed by atoms with Gasteiger partial charge in [0.15, 0.2) is 0 Å². The van der Waals surface area contributed by atoms with Crippen LogP contribution in [0.4, 0.5) is 5.69 Å². The summed E-state index contributed by atoms with van der Waals surface area (Å²) in [6.07, 6.45) is 3.52. The van der Waals surface area contributed by atoms with Gasteiger partial charge in [-0.1, -0.05) is 13.3 Å². The maximum atomic E-state index is 12.3. The molecule has 1 aliphatic rings. The summed E-state index contributed by atoms with van der Waals surface area (Å²) in [5, 5.41) is 0. The number of rotatable bonds is 8. The molecule has 1 aromatic carbocycles. The van der Waals surface area contributed by atoms with Gasteiger partial charge in [-0.25, -0.2) is 12.7 Å². The van der Waals surface area contributed by atoms with Gasteiger partial charge in [-0.05, 0) is 43.0 Å². The molecule has 1 saturated carbocycles. The molecular weight excluding hydrogens is 288 g/mol. The molecule has 0 bridgehead atoms. The first kappa shape index (κ1) is 16.1. The SMILES string of the molecule is CCN(CC1CCC1)S(=O)(=O)CCOc1ccc(N)cc1. The van der Waals surface area contributed by atoms with Crippen LogP contribution in [0.25, 0.3) is 0 Å². The highest BCUT2D eigenvalue weighted by atomic mass is 32.2. The molecule has 1 aromatic rings. The van der Waals surface area contributed by atoms with Crippen molar-refractivity contribution >= 4 is 15.7 Å². The number of benzene rings is 1. The number of nitrogens with zero attached hydrogens (tertiary/aromatic N) is 1. The fourth-order valence-electron chi connectivity index (χ4n) is 2.36. The Hall–Kier alpha value is -1.27. The molecule has 0 spiro atoms.